The van der Waals surface area contributed by atoms with Crippen LogP contribution in [0.4, 0.5) is 9.18 Å². The molecule has 0 atom stereocenters. The van der Waals surface area contributed by atoms with Gasteiger partial charge in [0.05, 0.1) is 13.2 Å². The lowest BCUT2D eigenvalue weighted by molar-refractivity contribution is 0.189. The second-order valence-electron chi connectivity index (χ2n) is 4.03. The molecule has 0 aliphatic heterocycles. The van der Waals surface area contributed by atoms with Gasteiger partial charge in [0.1, 0.15) is 11.6 Å². The highest BCUT2D eigenvalue weighted by atomic mass is 19.1. The number of rotatable bonds is 7. The van der Waals surface area contributed by atoms with Crippen molar-refractivity contribution < 1.29 is 19.0 Å². The van der Waals surface area contributed by atoms with Crippen molar-refractivity contribution in [3.63, 3.8) is 0 Å². The number of hydrogen-bond acceptors (Lipinski definition) is 3. The number of amides is 2. The highest BCUT2D eigenvalue weighted by Gasteiger charge is 2.05. The lowest BCUT2D eigenvalue weighted by Gasteiger charge is -2.16. The van der Waals surface area contributed by atoms with Crippen LogP contribution in [0.25, 0.3) is 0 Å². The molecule has 1 rings (SSSR count). The number of nitrogens with zero attached hydrogens (tertiary/aromatic N) is 1. The summed E-state index contributed by atoms with van der Waals surface area (Å²) in [5, 5.41) is 11.4. The zero-order valence-electron chi connectivity index (χ0n) is 10.9. The van der Waals surface area contributed by atoms with E-state index in [2.05, 4.69) is 5.32 Å². The second kappa shape index (κ2) is 8.31. The number of halogens is 1. The molecule has 0 aliphatic carbocycles. The normalized spacial score (nSPS) is 10.1. The van der Waals surface area contributed by atoms with Crippen molar-refractivity contribution in [3.8, 4) is 5.75 Å². The van der Waals surface area contributed by atoms with Crippen LogP contribution in [0.1, 0.15) is 6.42 Å². The summed E-state index contributed by atoms with van der Waals surface area (Å²) in [5.74, 6) is 0.302. The van der Waals surface area contributed by atoms with Gasteiger partial charge in [0, 0.05) is 20.1 Å². The van der Waals surface area contributed by atoms with Gasteiger partial charge in [0.15, 0.2) is 0 Å². The minimum atomic E-state index is -0.300. The van der Waals surface area contributed by atoms with E-state index in [4.69, 9.17) is 9.84 Å². The Hall–Kier alpha value is -1.82. The van der Waals surface area contributed by atoms with Gasteiger partial charge in [-0.25, -0.2) is 9.18 Å². The van der Waals surface area contributed by atoms with E-state index in [9.17, 15) is 9.18 Å². The van der Waals surface area contributed by atoms with Gasteiger partial charge in [-0.15, -0.1) is 0 Å². The maximum absolute atomic E-state index is 12.6. The predicted molar refractivity (Wildman–Crippen MR) is 69.6 cm³/mol. The number of aliphatic hydroxyl groups is 1. The van der Waals surface area contributed by atoms with Gasteiger partial charge in [-0.2, -0.15) is 0 Å². The van der Waals surface area contributed by atoms with Gasteiger partial charge in [0.2, 0.25) is 0 Å². The van der Waals surface area contributed by atoms with E-state index >= 15 is 0 Å². The average Bonchev–Trinajstić information content (AvgIpc) is 2.40. The molecule has 1 aromatic carbocycles. The van der Waals surface area contributed by atoms with Crippen LogP contribution in [0, 0.1) is 5.82 Å². The van der Waals surface area contributed by atoms with Crippen LogP contribution in [-0.2, 0) is 0 Å². The van der Waals surface area contributed by atoms with E-state index in [1.54, 1.807) is 19.2 Å². The molecule has 2 amide bonds. The topological polar surface area (TPSA) is 61.8 Å². The van der Waals surface area contributed by atoms with Crippen molar-refractivity contribution in [1.29, 1.82) is 0 Å². The van der Waals surface area contributed by atoms with E-state index in [-0.39, 0.29) is 18.5 Å². The van der Waals surface area contributed by atoms with Crippen molar-refractivity contribution in [2.24, 2.45) is 0 Å². The third-order valence-corrected chi connectivity index (χ3v) is 2.46. The lowest BCUT2D eigenvalue weighted by atomic mass is 10.3. The highest BCUT2D eigenvalue weighted by molar-refractivity contribution is 5.73. The highest BCUT2D eigenvalue weighted by Crippen LogP contribution is 2.10. The maximum Gasteiger partial charge on any atom is 0.317 e. The van der Waals surface area contributed by atoms with E-state index in [1.807, 2.05) is 0 Å². The summed E-state index contributed by atoms with van der Waals surface area (Å²) in [7, 11) is 1.61. The molecular formula is C13H19FN2O3. The Labute approximate surface area is 112 Å². The average molecular weight is 270 g/mol. The van der Waals surface area contributed by atoms with Crippen molar-refractivity contribution in [3.05, 3.63) is 30.1 Å². The number of nitrogens with one attached hydrogen (secondary N) is 1. The van der Waals surface area contributed by atoms with E-state index in [0.29, 0.717) is 31.9 Å². The molecule has 19 heavy (non-hydrogen) atoms. The Morgan fingerprint density at radius 3 is 2.74 bits per heavy atom. The lowest BCUT2D eigenvalue weighted by Crippen LogP contribution is -2.39. The fourth-order valence-corrected chi connectivity index (χ4v) is 1.37. The van der Waals surface area contributed by atoms with E-state index < -0.39 is 0 Å². The molecule has 0 heterocycles. The van der Waals surface area contributed by atoms with E-state index in [0.717, 1.165) is 0 Å². The number of likely N-dealkylation sites (N-methyl/N-ethyl adjacent to an activating group) is 1. The van der Waals surface area contributed by atoms with Crippen LogP contribution in [0.15, 0.2) is 24.3 Å². The molecule has 5 nitrogen and oxygen atoms in total. The molecule has 0 spiro atoms. The first-order valence-corrected chi connectivity index (χ1v) is 6.11. The van der Waals surface area contributed by atoms with Crippen LogP contribution in [-0.4, -0.2) is 49.4 Å². The quantitative estimate of drug-likeness (QED) is 0.733. The predicted octanol–water partition coefficient (Wildman–Crippen LogP) is 1.23. The first-order chi connectivity index (χ1) is 9.13. The fraction of sp³-hybridized carbons (Fsp3) is 0.462. The van der Waals surface area contributed by atoms with Crippen molar-refractivity contribution in [2.45, 2.75) is 6.42 Å². The first kappa shape index (κ1) is 15.2. The molecule has 0 saturated carbocycles. The van der Waals surface area contributed by atoms with Crippen molar-refractivity contribution >= 4 is 6.03 Å². The zero-order chi connectivity index (χ0) is 14.1. The van der Waals surface area contributed by atoms with Gasteiger partial charge in [0.25, 0.3) is 0 Å². The summed E-state index contributed by atoms with van der Waals surface area (Å²) in [4.78, 5) is 12.8. The molecule has 0 unspecified atom stereocenters. The van der Waals surface area contributed by atoms with Gasteiger partial charge < -0.3 is 20.1 Å². The zero-order valence-corrected chi connectivity index (χ0v) is 10.9. The molecule has 2 N–H and O–H groups in total. The van der Waals surface area contributed by atoms with Crippen LogP contribution in [0.3, 0.4) is 0 Å². The molecule has 1 aromatic rings. The summed E-state index contributed by atoms with van der Waals surface area (Å²) < 4.78 is 18.0. The summed E-state index contributed by atoms with van der Waals surface area (Å²) >= 11 is 0. The molecular weight excluding hydrogens is 251 g/mol. The SMILES string of the molecule is CN(CCO)C(=O)NCCCOc1ccc(F)cc1. The third kappa shape index (κ3) is 6.05. The maximum atomic E-state index is 12.6. The van der Waals surface area contributed by atoms with Gasteiger partial charge in [-0.3, -0.25) is 0 Å². The molecule has 0 saturated heterocycles. The van der Waals surface area contributed by atoms with E-state index in [1.165, 1.54) is 17.0 Å². The number of ether oxygens (including phenoxy) is 1. The molecule has 0 bridgehead atoms. The number of carbonyl (C=O) groups is 1. The second-order valence-corrected chi connectivity index (χ2v) is 4.03. The molecule has 0 aliphatic rings. The minimum Gasteiger partial charge on any atom is -0.494 e. The molecule has 0 fully saturated rings. The number of hydrogen-bond donors (Lipinski definition) is 2. The first-order valence-electron chi connectivity index (χ1n) is 6.11. The van der Waals surface area contributed by atoms with Crippen LogP contribution >= 0.6 is 0 Å². The Balaban J connectivity index is 2.11. The fourth-order valence-electron chi connectivity index (χ4n) is 1.37. The van der Waals surface area contributed by atoms with Crippen LogP contribution in [0.5, 0.6) is 5.75 Å². The van der Waals surface area contributed by atoms with Gasteiger partial charge in [-0.05, 0) is 30.7 Å². The Morgan fingerprint density at radius 1 is 1.42 bits per heavy atom. The Morgan fingerprint density at radius 2 is 2.11 bits per heavy atom. The van der Waals surface area contributed by atoms with Crippen molar-refractivity contribution in [1.82, 2.24) is 10.2 Å². The summed E-state index contributed by atoms with van der Waals surface area (Å²) in [6.45, 7) is 1.17. The number of carbonyl (C=O) groups excluding carboxylic acids is 1. The molecule has 0 radical (unpaired) electrons. The Bertz CT molecular complexity index is 384. The van der Waals surface area contributed by atoms with Crippen LogP contribution < -0.4 is 10.1 Å². The molecule has 6 heteroatoms. The Kier molecular flexibility index (Phi) is 6.67. The summed E-state index contributed by atoms with van der Waals surface area (Å²) in [6.07, 6.45) is 0.649. The van der Waals surface area contributed by atoms with Crippen molar-refractivity contribution in [2.75, 3.05) is 33.4 Å². The molecule has 0 aromatic heterocycles. The third-order valence-electron chi connectivity index (χ3n) is 2.46. The van der Waals surface area contributed by atoms with Crippen LogP contribution in [0.2, 0.25) is 0 Å². The molecule has 106 valence electrons. The number of aliphatic hydroxyl groups excluding tert-OH is 1. The monoisotopic (exact) mass is 270 g/mol. The summed E-state index contributed by atoms with van der Waals surface area (Å²) in [6, 6.07) is 5.56. The van der Waals surface area contributed by atoms with Gasteiger partial charge in [-0.1, -0.05) is 0 Å². The van der Waals surface area contributed by atoms with Gasteiger partial charge >= 0.3 is 6.03 Å². The smallest absolute Gasteiger partial charge is 0.317 e. The standard InChI is InChI=1S/C13H19FN2O3/c1-16(8-9-17)13(18)15-7-2-10-19-12-5-3-11(14)4-6-12/h3-6,17H,2,7-10H2,1H3,(H,15,18). The largest absolute Gasteiger partial charge is 0.494 e. The summed E-state index contributed by atoms with van der Waals surface area (Å²) in [5.41, 5.74) is 0. The minimum absolute atomic E-state index is 0.0579. The number of urea groups is 1. The number of benzene rings is 1.